The molecule has 0 N–H and O–H groups in total. The number of cyclic esters (lactones) is 2. The van der Waals surface area contributed by atoms with E-state index in [1.54, 1.807) is 0 Å². The summed E-state index contributed by atoms with van der Waals surface area (Å²) in [5, 5.41) is 0. The molecule has 9 heavy (non-hydrogen) atoms. The molecule has 0 aliphatic carbocycles. The summed E-state index contributed by atoms with van der Waals surface area (Å²) in [6.07, 6.45) is -3.61. The van der Waals surface area contributed by atoms with Crippen molar-refractivity contribution in [3.63, 3.8) is 0 Å². The molecule has 0 aromatic carbocycles. The minimum Gasteiger partial charge on any atom is -0.392 e. The van der Waals surface area contributed by atoms with Crippen molar-refractivity contribution < 1.29 is 23.0 Å². The predicted octanol–water partition coefficient (Wildman–Crippen LogP) is 1.13. The molecular formula is C4H4F2O3. The Labute approximate surface area is 49.5 Å². The van der Waals surface area contributed by atoms with Gasteiger partial charge in [0.1, 0.15) is 0 Å². The monoisotopic (exact) mass is 138 g/mol. The molecule has 1 aliphatic rings. The molecule has 1 aliphatic heterocycles. The first-order chi connectivity index (χ1) is 4.02. The van der Waals surface area contributed by atoms with E-state index in [0.29, 0.717) is 0 Å². The highest BCUT2D eigenvalue weighted by Gasteiger charge is 2.49. The standard InChI is InChI=1S/C4H4F2O3/c1-4(6)2(5)8-3(7)9-4/h2H,1H3. The summed E-state index contributed by atoms with van der Waals surface area (Å²) in [5.74, 6) is -2.61. The van der Waals surface area contributed by atoms with Gasteiger partial charge in [-0.15, -0.1) is 0 Å². The number of halogens is 2. The number of alkyl halides is 2. The van der Waals surface area contributed by atoms with Crippen LogP contribution in [0.2, 0.25) is 0 Å². The number of hydrogen-bond acceptors (Lipinski definition) is 3. The van der Waals surface area contributed by atoms with Crippen LogP contribution in [0, 0.1) is 0 Å². The predicted molar refractivity (Wildman–Crippen MR) is 22.0 cm³/mol. The number of ether oxygens (including phenoxy) is 2. The van der Waals surface area contributed by atoms with Crippen LogP contribution in [0.15, 0.2) is 0 Å². The maximum atomic E-state index is 12.3. The lowest BCUT2D eigenvalue weighted by molar-refractivity contribution is -0.122. The molecule has 1 rings (SSSR count). The molecule has 0 spiro atoms. The van der Waals surface area contributed by atoms with Gasteiger partial charge in [-0.05, 0) is 0 Å². The average molecular weight is 138 g/mol. The van der Waals surface area contributed by atoms with E-state index in [1.165, 1.54) is 0 Å². The zero-order chi connectivity index (χ0) is 7.07. The third kappa shape index (κ3) is 0.940. The van der Waals surface area contributed by atoms with Gasteiger partial charge in [0.2, 0.25) is 0 Å². The number of carbonyl (C=O) groups excluding carboxylic acids is 1. The van der Waals surface area contributed by atoms with Gasteiger partial charge in [-0.25, -0.2) is 4.79 Å². The van der Waals surface area contributed by atoms with E-state index < -0.39 is 18.4 Å². The van der Waals surface area contributed by atoms with Gasteiger partial charge in [0.05, 0.1) is 0 Å². The van der Waals surface area contributed by atoms with E-state index in [4.69, 9.17) is 0 Å². The second-order valence-electron chi connectivity index (χ2n) is 1.77. The minimum atomic E-state index is -2.61. The molecule has 5 heteroatoms. The maximum absolute atomic E-state index is 12.3. The van der Waals surface area contributed by atoms with Gasteiger partial charge in [0.25, 0.3) is 0 Å². The van der Waals surface area contributed by atoms with E-state index in [1.807, 2.05) is 0 Å². The fraction of sp³-hybridized carbons (Fsp3) is 0.750. The Hall–Kier alpha value is -0.870. The summed E-state index contributed by atoms with van der Waals surface area (Å²) in [7, 11) is 0. The van der Waals surface area contributed by atoms with Crippen molar-refractivity contribution in [3.8, 4) is 0 Å². The molecule has 2 unspecified atom stereocenters. The van der Waals surface area contributed by atoms with Crippen LogP contribution in [0.25, 0.3) is 0 Å². The summed E-state index contributed by atoms with van der Waals surface area (Å²) in [6.45, 7) is 0.780. The van der Waals surface area contributed by atoms with Gasteiger partial charge >= 0.3 is 18.4 Å². The summed E-state index contributed by atoms with van der Waals surface area (Å²) >= 11 is 0. The molecule has 0 amide bonds. The fourth-order valence-electron chi connectivity index (χ4n) is 0.423. The third-order valence-electron chi connectivity index (χ3n) is 0.888. The van der Waals surface area contributed by atoms with Crippen LogP contribution in [0.3, 0.4) is 0 Å². The fourth-order valence-corrected chi connectivity index (χ4v) is 0.423. The van der Waals surface area contributed by atoms with Crippen LogP contribution in [0.1, 0.15) is 6.92 Å². The molecule has 0 bridgehead atoms. The Morgan fingerprint density at radius 1 is 1.78 bits per heavy atom. The van der Waals surface area contributed by atoms with Crippen molar-refractivity contribution >= 4 is 6.16 Å². The van der Waals surface area contributed by atoms with E-state index in [9.17, 15) is 13.6 Å². The molecule has 1 heterocycles. The molecule has 0 radical (unpaired) electrons. The van der Waals surface area contributed by atoms with Gasteiger partial charge in [-0.2, -0.15) is 8.78 Å². The molecule has 2 atom stereocenters. The second-order valence-corrected chi connectivity index (χ2v) is 1.77. The molecule has 0 aromatic heterocycles. The lowest BCUT2D eigenvalue weighted by Gasteiger charge is -2.08. The second kappa shape index (κ2) is 1.55. The molecule has 1 fully saturated rings. The Bertz CT molecular complexity index is 145. The quantitative estimate of drug-likeness (QED) is 0.471. The number of rotatable bonds is 0. The molecule has 52 valence electrons. The van der Waals surface area contributed by atoms with Crippen molar-refractivity contribution in [2.24, 2.45) is 0 Å². The molecule has 3 nitrogen and oxygen atoms in total. The first kappa shape index (κ1) is 6.25. The lowest BCUT2D eigenvalue weighted by Crippen LogP contribution is -2.27. The zero-order valence-corrected chi connectivity index (χ0v) is 4.56. The van der Waals surface area contributed by atoms with E-state index in [2.05, 4.69) is 9.47 Å². The largest absolute Gasteiger partial charge is 0.514 e. The Balaban J connectivity index is 2.69. The van der Waals surface area contributed by atoms with E-state index in [0.717, 1.165) is 6.92 Å². The summed E-state index contributed by atoms with van der Waals surface area (Å²) in [4.78, 5) is 9.94. The summed E-state index contributed by atoms with van der Waals surface area (Å²) in [6, 6.07) is 0. The Morgan fingerprint density at radius 2 is 2.33 bits per heavy atom. The Morgan fingerprint density at radius 3 is 2.44 bits per heavy atom. The first-order valence-corrected chi connectivity index (χ1v) is 2.25. The van der Waals surface area contributed by atoms with Gasteiger partial charge in [-0.1, -0.05) is 0 Å². The van der Waals surface area contributed by atoms with Crippen LogP contribution in [0.5, 0.6) is 0 Å². The zero-order valence-electron chi connectivity index (χ0n) is 4.56. The van der Waals surface area contributed by atoms with Crippen molar-refractivity contribution in [1.29, 1.82) is 0 Å². The lowest BCUT2D eigenvalue weighted by atomic mass is 10.4. The van der Waals surface area contributed by atoms with Gasteiger partial charge < -0.3 is 9.47 Å². The van der Waals surface area contributed by atoms with Gasteiger partial charge in [-0.3, -0.25) is 0 Å². The van der Waals surface area contributed by atoms with Crippen molar-refractivity contribution in [2.45, 2.75) is 19.1 Å². The van der Waals surface area contributed by atoms with Crippen molar-refractivity contribution in [2.75, 3.05) is 0 Å². The van der Waals surface area contributed by atoms with Crippen molar-refractivity contribution in [1.82, 2.24) is 0 Å². The topological polar surface area (TPSA) is 35.5 Å². The normalized spacial score (nSPS) is 42.1. The highest BCUT2D eigenvalue weighted by Crippen LogP contribution is 2.28. The van der Waals surface area contributed by atoms with Crippen molar-refractivity contribution in [3.05, 3.63) is 0 Å². The average Bonchev–Trinajstić information content (AvgIpc) is 1.79. The van der Waals surface area contributed by atoms with Gasteiger partial charge in [0, 0.05) is 6.92 Å². The van der Waals surface area contributed by atoms with Crippen LogP contribution in [-0.2, 0) is 9.47 Å². The Kier molecular flexibility index (Phi) is 1.08. The molecule has 0 saturated carbocycles. The van der Waals surface area contributed by atoms with E-state index >= 15 is 0 Å². The highest BCUT2D eigenvalue weighted by molar-refractivity contribution is 5.62. The smallest absolute Gasteiger partial charge is 0.392 e. The first-order valence-electron chi connectivity index (χ1n) is 2.25. The third-order valence-corrected chi connectivity index (χ3v) is 0.888. The SMILES string of the molecule is CC1(F)OC(=O)OC1F. The molecule has 0 aromatic rings. The van der Waals surface area contributed by atoms with Crippen LogP contribution < -0.4 is 0 Å². The summed E-state index contributed by atoms with van der Waals surface area (Å²) in [5.41, 5.74) is 0. The number of carbonyl (C=O) groups is 1. The van der Waals surface area contributed by atoms with Crippen LogP contribution in [-0.4, -0.2) is 18.4 Å². The maximum Gasteiger partial charge on any atom is 0.514 e. The minimum absolute atomic E-state index is 0.780. The van der Waals surface area contributed by atoms with E-state index in [-0.39, 0.29) is 0 Å². The molecular weight excluding hydrogens is 134 g/mol. The number of hydrogen-bond donors (Lipinski definition) is 0. The highest BCUT2D eigenvalue weighted by atomic mass is 19.2. The summed E-state index contributed by atoms with van der Waals surface area (Å²) < 4.78 is 31.8. The van der Waals surface area contributed by atoms with Crippen LogP contribution in [0.4, 0.5) is 13.6 Å². The van der Waals surface area contributed by atoms with Gasteiger partial charge in [0.15, 0.2) is 0 Å². The van der Waals surface area contributed by atoms with Crippen LogP contribution >= 0.6 is 0 Å². The molecule has 1 saturated heterocycles.